The predicted octanol–water partition coefficient (Wildman–Crippen LogP) is 4.63. The third kappa shape index (κ3) is 3.35. The minimum absolute atomic E-state index is 0.704. The van der Waals surface area contributed by atoms with Crippen molar-refractivity contribution >= 4 is 30.1 Å². The van der Waals surface area contributed by atoms with Crippen LogP contribution < -0.4 is 5.30 Å². The Balaban J connectivity index is 2.23. The van der Waals surface area contributed by atoms with Gasteiger partial charge in [-0.15, -0.1) is 0 Å². The fraction of sp³-hybridized carbons (Fsp3) is 0.0667. The molecular weight excluding hydrogens is 263 g/mol. The molecule has 0 aliphatic heterocycles. The lowest BCUT2D eigenvalue weighted by molar-refractivity contribution is 0.590. The summed E-state index contributed by atoms with van der Waals surface area (Å²) in [4.78, 5) is 0. The zero-order chi connectivity index (χ0) is 13.0. The van der Waals surface area contributed by atoms with E-state index in [4.69, 9.17) is 11.6 Å². The molecule has 2 aromatic carbocycles. The minimum atomic E-state index is -2.44. The summed E-state index contributed by atoms with van der Waals surface area (Å²) in [6, 6.07) is 17.0. The third-order valence-corrected chi connectivity index (χ3v) is 4.98. The predicted molar refractivity (Wildman–Crippen MR) is 80.1 cm³/mol. The van der Waals surface area contributed by atoms with E-state index in [1.807, 2.05) is 60.7 Å². The SMILES string of the molecule is CP(=O)(/C=C/c1ccc(Cl)cc1)c1ccccc1. The van der Waals surface area contributed by atoms with Gasteiger partial charge in [-0.3, -0.25) is 0 Å². The maximum absolute atomic E-state index is 12.5. The minimum Gasteiger partial charge on any atom is -0.315 e. The van der Waals surface area contributed by atoms with Crippen LogP contribution in [0.5, 0.6) is 0 Å². The van der Waals surface area contributed by atoms with Crippen LogP contribution in [0.2, 0.25) is 5.02 Å². The molecule has 0 spiro atoms. The van der Waals surface area contributed by atoms with Crippen molar-refractivity contribution in [2.24, 2.45) is 0 Å². The molecule has 0 fully saturated rings. The van der Waals surface area contributed by atoms with Crippen LogP contribution in [0.3, 0.4) is 0 Å². The van der Waals surface area contributed by atoms with E-state index >= 15 is 0 Å². The van der Waals surface area contributed by atoms with Crippen molar-refractivity contribution in [3.63, 3.8) is 0 Å². The summed E-state index contributed by atoms with van der Waals surface area (Å²) < 4.78 is 12.5. The molecule has 0 saturated heterocycles. The van der Waals surface area contributed by atoms with Gasteiger partial charge in [-0.2, -0.15) is 0 Å². The van der Waals surface area contributed by atoms with Gasteiger partial charge in [0, 0.05) is 10.3 Å². The van der Waals surface area contributed by atoms with Gasteiger partial charge >= 0.3 is 0 Å². The zero-order valence-electron chi connectivity index (χ0n) is 10.1. The molecule has 18 heavy (non-hydrogen) atoms. The molecule has 0 radical (unpaired) electrons. The van der Waals surface area contributed by atoms with E-state index in [9.17, 15) is 4.57 Å². The van der Waals surface area contributed by atoms with E-state index in [0.717, 1.165) is 10.9 Å². The number of halogens is 1. The highest BCUT2D eigenvalue weighted by Crippen LogP contribution is 2.42. The molecule has 2 rings (SSSR count). The van der Waals surface area contributed by atoms with Crippen molar-refractivity contribution in [3.05, 3.63) is 71.0 Å². The number of hydrogen-bond donors (Lipinski definition) is 0. The molecule has 0 bridgehead atoms. The van der Waals surface area contributed by atoms with Gasteiger partial charge < -0.3 is 4.57 Å². The third-order valence-electron chi connectivity index (χ3n) is 2.69. The summed E-state index contributed by atoms with van der Waals surface area (Å²) in [6.07, 6.45) is 1.88. The maximum atomic E-state index is 12.5. The van der Waals surface area contributed by atoms with Crippen LogP contribution >= 0.6 is 18.7 Å². The van der Waals surface area contributed by atoms with Gasteiger partial charge in [0.1, 0.15) is 7.14 Å². The molecule has 3 heteroatoms. The Hall–Kier alpha value is -1.30. The Morgan fingerprint density at radius 2 is 1.61 bits per heavy atom. The Labute approximate surface area is 112 Å². The maximum Gasteiger partial charge on any atom is 0.133 e. The molecule has 1 unspecified atom stereocenters. The van der Waals surface area contributed by atoms with Gasteiger partial charge in [0.15, 0.2) is 0 Å². The first kappa shape index (κ1) is 13.1. The number of hydrogen-bond acceptors (Lipinski definition) is 1. The molecule has 0 saturated carbocycles. The molecule has 1 nitrogen and oxygen atoms in total. The van der Waals surface area contributed by atoms with Crippen LogP contribution in [0, 0.1) is 0 Å². The van der Waals surface area contributed by atoms with Gasteiger partial charge in [0.2, 0.25) is 0 Å². The topological polar surface area (TPSA) is 17.1 Å². The monoisotopic (exact) mass is 276 g/mol. The largest absolute Gasteiger partial charge is 0.315 e. The second kappa shape index (κ2) is 5.56. The van der Waals surface area contributed by atoms with E-state index in [-0.39, 0.29) is 0 Å². The van der Waals surface area contributed by atoms with Crippen LogP contribution in [0.1, 0.15) is 5.56 Å². The average Bonchev–Trinajstić information content (AvgIpc) is 2.39. The Kier molecular flexibility index (Phi) is 4.06. The summed E-state index contributed by atoms with van der Waals surface area (Å²) in [5.74, 6) is 1.78. The summed E-state index contributed by atoms with van der Waals surface area (Å²) in [5.41, 5.74) is 0.998. The Morgan fingerprint density at radius 1 is 1.00 bits per heavy atom. The molecule has 0 aliphatic carbocycles. The first-order valence-electron chi connectivity index (χ1n) is 5.65. The van der Waals surface area contributed by atoms with Crippen molar-refractivity contribution in [1.29, 1.82) is 0 Å². The standard InChI is InChI=1S/C15H14ClOP/c1-18(17,15-5-3-2-4-6-15)12-11-13-7-9-14(16)10-8-13/h2-12H,1H3/b12-11+. The molecule has 0 amide bonds. The summed E-state index contributed by atoms with van der Waals surface area (Å²) in [7, 11) is -2.44. The van der Waals surface area contributed by atoms with Gasteiger partial charge in [0.25, 0.3) is 0 Å². The molecule has 1 atom stereocenters. The highest BCUT2D eigenvalue weighted by atomic mass is 35.5. The molecule has 0 aromatic heterocycles. The molecule has 92 valence electrons. The zero-order valence-corrected chi connectivity index (χ0v) is 11.7. The highest BCUT2D eigenvalue weighted by molar-refractivity contribution is 7.73. The first-order chi connectivity index (χ1) is 8.58. The first-order valence-corrected chi connectivity index (χ1v) is 8.26. The van der Waals surface area contributed by atoms with Crippen molar-refractivity contribution < 1.29 is 4.57 Å². The van der Waals surface area contributed by atoms with Crippen LogP contribution in [0.4, 0.5) is 0 Å². The normalized spacial score (nSPS) is 14.6. The van der Waals surface area contributed by atoms with Crippen LogP contribution in [-0.4, -0.2) is 6.66 Å². The molecule has 0 N–H and O–H groups in total. The van der Waals surface area contributed by atoms with Crippen molar-refractivity contribution in [2.75, 3.05) is 6.66 Å². The van der Waals surface area contributed by atoms with E-state index < -0.39 is 7.14 Å². The fourth-order valence-corrected chi connectivity index (χ4v) is 3.13. The lowest BCUT2D eigenvalue weighted by atomic mass is 10.2. The Morgan fingerprint density at radius 3 is 2.22 bits per heavy atom. The lowest BCUT2D eigenvalue weighted by Gasteiger charge is -2.07. The van der Waals surface area contributed by atoms with Crippen molar-refractivity contribution in [1.82, 2.24) is 0 Å². The van der Waals surface area contributed by atoms with Crippen LogP contribution in [0.15, 0.2) is 60.4 Å². The molecule has 0 aliphatic rings. The molecule has 2 aromatic rings. The van der Waals surface area contributed by atoms with Crippen LogP contribution in [0.25, 0.3) is 6.08 Å². The van der Waals surface area contributed by atoms with Gasteiger partial charge in [-0.05, 0) is 30.2 Å². The summed E-state index contributed by atoms with van der Waals surface area (Å²) >= 11 is 5.82. The second-order valence-electron chi connectivity index (χ2n) is 4.19. The van der Waals surface area contributed by atoms with Crippen molar-refractivity contribution in [3.8, 4) is 0 Å². The fourth-order valence-electron chi connectivity index (χ4n) is 1.61. The van der Waals surface area contributed by atoms with E-state index in [0.29, 0.717) is 5.02 Å². The summed E-state index contributed by atoms with van der Waals surface area (Å²) in [6.45, 7) is 1.77. The average molecular weight is 277 g/mol. The molecule has 0 heterocycles. The quantitative estimate of drug-likeness (QED) is 0.747. The Bertz CT molecular complexity index is 588. The van der Waals surface area contributed by atoms with E-state index in [1.54, 1.807) is 12.5 Å². The molecular formula is C15H14ClOP. The second-order valence-corrected chi connectivity index (χ2v) is 7.42. The summed E-state index contributed by atoms with van der Waals surface area (Å²) in [5, 5.41) is 1.57. The van der Waals surface area contributed by atoms with E-state index in [2.05, 4.69) is 0 Å². The van der Waals surface area contributed by atoms with Gasteiger partial charge in [-0.25, -0.2) is 0 Å². The highest BCUT2D eigenvalue weighted by Gasteiger charge is 2.12. The van der Waals surface area contributed by atoms with Crippen LogP contribution in [-0.2, 0) is 4.57 Å². The number of rotatable bonds is 3. The van der Waals surface area contributed by atoms with Gasteiger partial charge in [-0.1, -0.05) is 60.1 Å². The van der Waals surface area contributed by atoms with Crippen molar-refractivity contribution in [2.45, 2.75) is 0 Å². The number of benzene rings is 2. The lowest BCUT2D eigenvalue weighted by Crippen LogP contribution is -1.99. The van der Waals surface area contributed by atoms with Gasteiger partial charge in [0.05, 0.1) is 0 Å². The van der Waals surface area contributed by atoms with E-state index in [1.165, 1.54) is 0 Å². The smallest absolute Gasteiger partial charge is 0.133 e.